The minimum absolute atomic E-state index is 0.0111. The van der Waals surface area contributed by atoms with Crippen LogP contribution in [0.3, 0.4) is 0 Å². The Hall–Kier alpha value is -3.44. The molecule has 1 aliphatic heterocycles. The van der Waals surface area contributed by atoms with Crippen molar-refractivity contribution in [2.45, 2.75) is 110 Å². The van der Waals surface area contributed by atoms with Gasteiger partial charge < -0.3 is 30.9 Å². The molecule has 1 aliphatic carbocycles. The van der Waals surface area contributed by atoms with Crippen LogP contribution in [0.4, 0.5) is 4.79 Å². The molecule has 1 saturated heterocycles. The number of ether oxygens (including phenoxy) is 1. The molecule has 0 aromatic heterocycles. The molecule has 0 radical (unpaired) electrons. The zero-order valence-corrected chi connectivity index (χ0v) is 25.5. The number of carbonyl (C=O) groups is 6. The second kappa shape index (κ2) is 17.5. The van der Waals surface area contributed by atoms with Crippen molar-refractivity contribution in [3.8, 4) is 0 Å². The van der Waals surface area contributed by atoms with Crippen LogP contribution in [0.1, 0.15) is 85.5 Å². The first-order chi connectivity index (χ1) is 20.0. The molecular weight excluding hydrogens is 542 g/mol. The third kappa shape index (κ3) is 10.8. The van der Waals surface area contributed by atoms with Crippen LogP contribution in [-0.4, -0.2) is 84.3 Å². The van der Waals surface area contributed by atoms with Crippen LogP contribution in [0.2, 0.25) is 0 Å². The maximum atomic E-state index is 14.0. The van der Waals surface area contributed by atoms with Gasteiger partial charge in [0.1, 0.15) is 18.6 Å². The number of unbranched alkanes of at least 4 members (excludes halogenated alkanes) is 1. The van der Waals surface area contributed by atoms with Crippen molar-refractivity contribution in [1.82, 2.24) is 26.2 Å². The topological polar surface area (TPSA) is 163 Å². The van der Waals surface area contributed by atoms with E-state index in [2.05, 4.69) is 27.8 Å². The van der Waals surface area contributed by atoms with Crippen LogP contribution in [0.25, 0.3) is 0 Å². The van der Waals surface area contributed by atoms with Gasteiger partial charge in [-0.15, -0.1) is 6.58 Å². The van der Waals surface area contributed by atoms with Gasteiger partial charge in [-0.2, -0.15) is 0 Å². The van der Waals surface area contributed by atoms with E-state index < -0.39 is 47.7 Å². The lowest BCUT2D eigenvalue weighted by Gasteiger charge is -2.35. The molecule has 12 heteroatoms. The fraction of sp³-hybridized carbons (Fsp3) is 0.733. The van der Waals surface area contributed by atoms with E-state index >= 15 is 0 Å². The van der Waals surface area contributed by atoms with Crippen LogP contribution in [0, 0.1) is 11.8 Å². The standard InChI is InChI=1S/C30H49N5O7/c1-6-8-14-22(26(37)28(39)31-15-7-2)33-27(38)23-16-20(5)18-35(23)29(40)25(21-12-10-9-11-13-21)34-30(41)32-17-24(36)42-19(3)4/h7,19-23,25H,2,6,8-18H2,1,3-5H3,(H,31,39)(H,33,38)(H2,32,34,41)/t20-,22?,23?,25?/m1/s1. The molecule has 42 heavy (non-hydrogen) atoms. The number of ketones is 1. The van der Waals surface area contributed by atoms with E-state index in [-0.39, 0.29) is 36.9 Å². The molecule has 12 nitrogen and oxygen atoms in total. The molecule has 3 unspecified atom stereocenters. The summed E-state index contributed by atoms with van der Waals surface area (Å²) < 4.78 is 5.06. The Bertz CT molecular complexity index is 979. The van der Waals surface area contributed by atoms with Gasteiger partial charge in [-0.25, -0.2) is 4.79 Å². The fourth-order valence-electron chi connectivity index (χ4n) is 5.57. The number of amides is 5. The normalized spacial score (nSPS) is 20.3. The summed E-state index contributed by atoms with van der Waals surface area (Å²) in [6.45, 7) is 10.9. The Morgan fingerprint density at radius 3 is 2.33 bits per heavy atom. The molecule has 236 valence electrons. The highest BCUT2D eigenvalue weighted by Crippen LogP contribution is 2.30. The van der Waals surface area contributed by atoms with E-state index in [4.69, 9.17) is 4.74 Å². The Labute approximate surface area is 249 Å². The number of hydrogen-bond acceptors (Lipinski definition) is 7. The summed E-state index contributed by atoms with van der Waals surface area (Å²) in [6.07, 6.45) is 7.61. The predicted molar refractivity (Wildman–Crippen MR) is 157 cm³/mol. The monoisotopic (exact) mass is 591 g/mol. The number of rotatable bonds is 15. The zero-order chi connectivity index (χ0) is 31.2. The summed E-state index contributed by atoms with van der Waals surface area (Å²) in [4.78, 5) is 79.0. The van der Waals surface area contributed by atoms with Crippen LogP contribution in [-0.2, 0) is 28.7 Å². The van der Waals surface area contributed by atoms with E-state index in [1.54, 1.807) is 13.8 Å². The van der Waals surface area contributed by atoms with Gasteiger partial charge in [0.15, 0.2) is 0 Å². The molecule has 2 aliphatic rings. The van der Waals surface area contributed by atoms with E-state index in [0.29, 0.717) is 25.8 Å². The van der Waals surface area contributed by atoms with Crippen LogP contribution in [0.15, 0.2) is 12.7 Å². The number of nitrogens with one attached hydrogen (secondary N) is 4. The first-order valence-electron chi connectivity index (χ1n) is 15.3. The number of urea groups is 1. The van der Waals surface area contributed by atoms with E-state index in [0.717, 1.165) is 38.5 Å². The minimum Gasteiger partial charge on any atom is -0.462 e. The highest BCUT2D eigenvalue weighted by atomic mass is 16.5. The van der Waals surface area contributed by atoms with Crippen molar-refractivity contribution in [2.75, 3.05) is 19.6 Å². The summed E-state index contributed by atoms with van der Waals surface area (Å²) in [5.74, 6) is -3.10. The first-order valence-corrected chi connectivity index (χ1v) is 15.3. The third-order valence-electron chi connectivity index (χ3n) is 7.64. The molecule has 1 heterocycles. The summed E-state index contributed by atoms with van der Waals surface area (Å²) in [5, 5.41) is 10.5. The van der Waals surface area contributed by atoms with Gasteiger partial charge in [-0.3, -0.25) is 24.0 Å². The summed E-state index contributed by atoms with van der Waals surface area (Å²) in [5.41, 5.74) is 0. The van der Waals surface area contributed by atoms with E-state index in [1.165, 1.54) is 11.0 Å². The first kappa shape index (κ1) is 34.8. The molecule has 0 aromatic rings. The van der Waals surface area contributed by atoms with Crippen molar-refractivity contribution < 1.29 is 33.5 Å². The fourth-order valence-corrected chi connectivity index (χ4v) is 5.57. The quantitative estimate of drug-likeness (QED) is 0.129. The maximum Gasteiger partial charge on any atom is 0.325 e. The van der Waals surface area contributed by atoms with Crippen LogP contribution in [0.5, 0.6) is 0 Å². The van der Waals surface area contributed by atoms with E-state index in [9.17, 15) is 28.8 Å². The Balaban J connectivity index is 2.19. The SMILES string of the molecule is C=CCNC(=O)C(=O)C(CCCC)NC(=O)C1C[C@@H](C)CN1C(=O)C(NC(=O)NCC(=O)OC(C)C)C1CCCCC1. The minimum atomic E-state index is -1.02. The number of hydrogen-bond donors (Lipinski definition) is 4. The Morgan fingerprint density at radius 2 is 1.71 bits per heavy atom. The summed E-state index contributed by atoms with van der Waals surface area (Å²) >= 11 is 0. The van der Waals surface area contributed by atoms with Gasteiger partial charge in [-0.1, -0.05) is 52.0 Å². The number of Topliss-reactive ketones (excluding diaryl/α,β-unsaturated/α-hetero) is 1. The van der Waals surface area contributed by atoms with Gasteiger partial charge >= 0.3 is 12.0 Å². The lowest BCUT2D eigenvalue weighted by atomic mass is 9.83. The molecule has 4 atom stereocenters. The highest BCUT2D eigenvalue weighted by molar-refractivity contribution is 6.38. The molecule has 2 fully saturated rings. The Morgan fingerprint density at radius 1 is 1.02 bits per heavy atom. The summed E-state index contributed by atoms with van der Waals surface area (Å²) in [6, 6.07) is -3.41. The molecule has 0 aromatic carbocycles. The van der Waals surface area contributed by atoms with Crippen molar-refractivity contribution >= 4 is 35.5 Å². The van der Waals surface area contributed by atoms with Gasteiger partial charge in [0.25, 0.3) is 5.91 Å². The highest BCUT2D eigenvalue weighted by Gasteiger charge is 2.43. The molecule has 4 N–H and O–H groups in total. The molecule has 0 bridgehead atoms. The second-order valence-electron chi connectivity index (χ2n) is 11.7. The van der Waals surface area contributed by atoms with Crippen molar-refractivity contribution in [3.63, 3.8) is 0 Å². The smallest absolute Gasteiger partial charge is 0.325 e. The van der Waals surface area contributed by atoms with Gasteiger partial charge in [0.2, 0.25) is 17.6 Å². The summed E-state index contributed by atoms with van der Waals surface area (Å²) in [7, 11) is 0. The molecule has 5 amide bonds. The van der Waals surface area contributed by atoms with Crippen molar-refractivity contribution in [3.05, 3.63) is 12.7 Å². The van der Waals surface area contributed by atoms with Gasteiger partial charge in [0.05, 0.1) is 12.1 Å². The van der Waals surface area contributed by atoms with E-state index in [1.807, 2.05) is 13.8 Å². The van der Waals surface area contributed by atoms with Gasteiger partial charge in [0, 0.05) is 13.1 Å². The molecule has 2 rings (SSSR count). The average molecular weight is 592 g/mol. The molecule has 1 saturated carbocycles. The predicted octanol–water partition coefficient (Wildman–Crippen LogP) is 1.97. The maximum absolute atomic E-state index is 14.0. The van der Waals surface area contributed by atoms with Crippen LogP contribution >= 0.6 is 0 Å². The third-order valence-corrected chi connectivity index (χ3v) is 7.64. The van der Waals surface area contributed by atoms with Gasteiger partial charge in [-0.05, 0) is 51.4 Å². The lowest BCUT2D eigenvalue weighted by molar-refractivity contribution is -0.146. The average Bonchev–Trinajstić information content (AvgIpc) is 3.36. The molecular formula is C30H49N5O7. The number of nitrogens with zero attached hydrogens (tertiary/aromatic N) is 1. The van der Waals surface area contributed by atoms with Crippen molar-refractivity contribution in [2.24, 2.45) is 11.8 Å². The lowest BCUT2D eigenvalue weighted by Crippen LogP contribution is -2.59. The second-order valence-corrected chi connectivity index (χ2v) is 11.7. The number of carbonyl (C=O) groups excluding carboxylic acids is 6. The van der Waals surface area contributed by atoms with Crippen LogP contribution < -0.4 is 21.3 Å². The van der Waals surface area contributed by atoms with Crippen molar-refractivity contribution in [1.29, 1.82) is 0 Å². The zero-order valence-electron chi connectivity index (χ0n) is 25.5. The number of esters is 1. The molecule has 0 spiro atoms. The largest absolute Gasteiger partial charge is 0.462 e. The Kier molecular flexibility index (Phi) is 14.5. The number of likely N-dealkylation sites (tertiary alicyclic amines) is 1.